The summed E-state index contributed by atoms with van der Waals surface area (Å²) in [5.41, 5.74) is 1.00. The van der Waals surface area contributed by atoms with Gasteiger partial charge in [0.05, 0.1) is 41.9 Å². The summed E-state index contributed by atoms with van der Waals surface area (Å²) >= 11 is 0. The van der Waals surface area contributed by atoms with Crippen LogP contribution in [0.15, 0.2) is 58.0 Å². The molecular formula is C34H45N2O8P. The minimum absolute atomic E-state index is 0.0839. The summed E-state index contributed by atoms with van der Waals surface area (Å²) in [5.74, 6) is -0.311. The molecule has 0 fully saturated rings. The van der Waals surface area contributed by atoms with Crippen molar-refractivity contribution in [3.8, 4) is 11.1 Å². The van der Waals surface area contributed by atoms with E-state index in [4.69, 9.17) is 22.7 Å². The van der Waals surface area contributed by atoms with E-state index in [0.29, 0.717) is 22.1 Å². The molecule has 3 heterocycles. The van der Waals surface area contributed by atoms with E-state index in [1.165, 1.54) is 0 Å². The fourth-order valence-electron chi connectivity index (χ4n) is 5.60. The zero-order valence-electron chi connectivity index (χ0n) is 27.9. The van der Waals surface area contributed by atoms with Crippen LogP contribution in [-0.2, 0) is 27.7 Å². The Hall–Kier alpha value is -3.30. The van der Waals surface area contributed by atoms with Gasteiger partial charge in [-0.3, -0.25) is 23.3 Å². The normalized spacial score (nSPS) is 15.9. The maximum absolute atomic E-state index is 14.0. The van der Waals surface area contributed by atoms with E-state index in [-0.39, 0.29) is 31.6 Å². The molecule has 11 heteroatoms. The monoisotopic (exact) mass is 640 g/mol. The number of nitrogens with zero attached hydrogens (tertiary/aromatic N) is 2. The third kappa shape index (κ3) is 8.50. The predicted octanol–water partition coefficient (Wildman–Crippen LogP) is 7.93. The van der Waals surface area contributed by atoms with Crippen molar-refractivity contribution in [2.45, 2.75) is 98.4 Å². The van der Waals surface area contributed by atoms with Crippen molar-refractivity contribution < 1.29 is 32.1 Å². The van der Waals surface area contributed by atoms with Gasteiger partial charge in [-0.15, -0.1) is 0 Å². The Morgan fingerprint density at radius 2 is 1.62 bits per heavy atom. The van der Waals surface area contributed by atoms with Crippen LogP contribution in [0.1, 0.15) is 81.2 Å². The molecule has 3 aromatic rings. The molecule has 4 rings (SSSR count). The third-order valence-electron chi connectivity index (χ3n) is 6.95. The summed E-state index contributed by atoms with van der Waals surface area (Å²) in [6, 6.07) is 8.74. The highest BCUT2D eigenvalue weighted by molar-refractivity contribution is 7.48. The van der Waals surface area contributed by atoms with E-state index in [1.54, 1.807) is 79.1 Å². The Labute approximate surface area is 265 Å². The second-order valence-corrected chi connectivity index (χ2v) is 15.3. The molecule has 0 saturated carbocycles. The van der Waals surface area contributed by atoms with Gasteiger partial charge in [0, 0.05) is 41.1 Å². The van der Waals surface area contributed by atoms with Crippen LogP contribution < -0.4 is 10.5 Å². The van der Waals surface area contributed by atoms with Crippen LogP contribution in [0, 0.1) is 0 Å². The maximum Gasteiger partial charge on any atom is 0.476 e. The molecule has 0 radical (unpaired) electrons. The van der Waals surface area contributed by atoms with Crippen molar-refractivity contribution in [3.63, 3.8) is 0 Å². The molecular weight excluding hydrogens is 595 g/mol. The number of pyridine rings is 1. The summed E-state index contributed by atoms with van der Waals surface area (Å²) < 4.78 is 42.9. The molecule has 0 spiro atoms. The molecule has 0 amide bonds. The average molecular weight is 641 g/mol. The van der Waals surface area contributed by atoms with E-state index in [1.807, 2.05) is 39.0 Å². The first-order valence-corrected chi connectivity index (χ1v) is 16.6. The lowest BCUT2D eigenvalue weighted by Gasteiger charge is -2.47. The van der Waals surface area contributed by atoms with Crippen LogP contribution in [0.2, 0.25) is 0 Å². The molecule has 1 aromatic carbocycles. The first-order chi connectivity index (χ1) is 20.8. The number of ether oxygens (including phenoxy) is 1. The van der Waals surface area contributed by atoms with Crippen LogP contribution in [0.3, 0.4) is 0 Å². The van der Waals surface area contributed by atoms with Gasteiger partial charge < -0.3 is 14.1 Å². The van der Waals surface area contributed by atoms with Crippen LogP contribution in [-0.4, -0.2) is 46.9 Å². The van der Waals surface area contributed by atoms with Crippen molar-refractivity contribution in [2.24, 2.45) is 0 Å². The molecule has 1 unspecified atom stereocenters. The van der Waals surface area contributed by atoms with Crippen LogP contribution in [0.25, 0.3) is 27.7 Å². The van der Waals surface area contributed by atoms with E-state index in [9.17, 15) is 14.2 Å². The van der Waals surface area contributed by atoms with E-state index < -0.39 is 30.2 Å². The topological polar surface area (TPSA) is 117 Å². The quantitative estimate of drug-likeness (QED) is 0.123. The number of rotatable bonds is 10. The molecule has 1 aliphatic rings. The molecule has 10 nitrogen and oxygen atoms in total. The SMILES string of the molecule is CCOC(=O)CC(C)N1c2cc3oc(=O)c(-c4ccncc4)cc3cc2C(COP(=O)(OC(C)(C)C)OC(C)(C)C)=CC1(C)C. The highest BCUT2D eigenvalue weighted by atomic mass is 31.2. The Morgan fingerprint density at radius 3 is 2.20 bits per heavy atom. The molecule has 0 N–H and O–H groups in total. The number of phosphoric acid groups is 1. The van der Waals surface area contributed by atoms with Crippen LogP contribution in [0.5, 0.6) is 0 Å². The smallest absolute Gasteiger partial charge is 0.466 e. The number of fused-ring (bicyclic) bond motifs is 2. The van der Waals surface area contributed by atoms with Gasteiger partial charge in [-0.25, -0.2) is 9.36 Å². The van der Waals surface area contributed by atoms with Crippen molar-refractivity contribution in [1.82, 2.24) is 4.98 Å². The Kier molecular flexibility index (Phi) is 9.86. The van der Waals surface area contributed by atoms with Gasteiger partial charge in [0.15, 0.2) is 0 Å². The number of anilines is 1. The van der Waals surface area contributed by atoms with Gasteiger partial charge in [-0.05, 0) is 105 Å². The fraction of sp³-hybridized carbons (Fsp3) is 0.500. The lowest BCUT2D eigenvalue weighted by atomic mass is 9.86. The molecule has 1 aliphatic heterocycles. The minimum atomic E-state index is -4.03. The minimum Gasteiger partial charge on any atom is -0.466 e. The zero-order chi connectivity index (χ0) is 33.4. The number of carbonyl (C=O) groups is 1. The van der Waals surface area contributed by atoms with Crippen molar-refractivity contribution in [3.05, 3.63) is 64.8 Å². The van der Waals surface area contributed by atoms with Gasteiger partial charge in [-0.1, -0.05) is 6.08 Å². The largest absolute Gasteiger partial charge is 0.476 e. The van der Waals surface area contributed by atoms with Gasteiger partial charge in [0.2, 0.25) is 0 Å². The summed E-state index contributed by atoms with van der Waals surface area (Å²) in [6.45, 7) is 18.7. The summed E-state index contributed by atoms with van der Waals surface area (Å²) in [7, 11) is -4.03. The maximum atomic E-state index is 14.0. The number of hydrogen-bond acceptors (Lipinski definition) is 10. The summed E-state index contributed by atoms with van der Waals surface area (Å²) in [5, 5.41) is 0.684. The molecule has 1 atom stereocenters. The number of carbonyl (C=O) groups excluding carboxylic acids is 1. The highest BCUT2D eigenvalue weighted by Gasteiger charge is 2.40. The van der Waals surface area contributed by atoms with Gasteiger partial charge >= 0.3 is 19.4 Å². The van der Waals surface area contributed by atoms with Crippen molar-refractivity contribution in [2.75, 3.05) is 18.1 Å². The van der Waals surface area contributed by atoms with E-state index >= 15 is 0 Å². The lowest BCUT2D eigenvalue weighted by Crippen LogP contribution is -2.51. The molecule has 2 aromatic heterocycles. The molecule has 0 saturated heterocycles. The third-order valence-corrected chi connectivity index (χ3v) is 8.94. The summed E-state index contributed by atoms with van der Waals surface area (Å²) in [6.07, 6.45) is 5.41. The summed E-state index contributed by atoms with van der Waals surface area (Å²) in [4.78, 5) is 31.8. The van der Waals surface area contributed by atoms with Gasteiger partial charge in [0.25, 0.3) is 0 Å². The average Bonchev–Trinajstić information content (AvgIpc) is 2.88. The van der Waals surface area contributed by atoms with Gasteiger partial charge in [0.1, 0.15) is 5.58 Å². The highest BCUT2D eigenvalue weighted by Crippen LogP contribution is 2.56. The van der Waals surface area contributed by atoms with E-state index in [0.717, 1.165) is 16.8 Å². The fourth-order valence-corrected chi connectivity index (χ4v) is 7.38. The Bertz CT molecular complexity index is 1660. The lowest BCUT2D eigenvalue weighted by molar-refractivity contribution is -0.143. The van der Waals surface area contributed by atoms with Crippen LogP contribution >= 0.6 is 7.82 Å². The molecule has 0 aliphatic carbocycles. The second kappa shape index (κ2) is 12.8. The number of aromatic nitrogens is 1. The Balaban J connectivity index is 1.86. The van der Waals surface area contributed by atoms with Crippen molar-refractivity contribution in [1.29, 1.82) is 0 Å². The van der Waals surface area contributed by atoms with Crippen molar-refractivity contribution >= 4 is 36.0 Å². The molecule has 0 bridgehead atoms. The number of hydrogen-bond donors (Lipinski definition) is 0. The number of esters is 1. The first-order valence-electron chi connectivity index (χ1n) is 15.2. The van der Waals surface area contributed by atoms with E-state index in [2.05, 4.69) is 9.88 Å². The Morgan fingerprint density at radius 1 is 1.02 bits per heavy atom. The predicted molar refractivity (Wildman–Crippen MR) is 176 cm³/mol. The molecule has 45 heavy (non-hydrogen) atoms. The number of benzene rings is 1. The standard InChI is InChI=1S/C34H45N2O8P/c1-11-40-30(37)16-22(2)36-28-19-29-24(18-27(31(38)42-29)23-12-14-35-15-13-23)17-26(28)25(20-34(36,9)10)21-41-45(39,43-32(3,4)5)44-33(6,7)8/h12-15,17-20,22H,11,16,21H2,1-10H3. The number of phosphoric ester groups is 1. The molecule has 244 valence electrons. The zero-order valence-corrected chi connectivity index (χ0v) is 28.8. The van der Waals surface area contributed by atoms with Crippen LogP contribution in [0.4, 0.5) is 5.69 Å². The van der Waals surface area contributed by atoms with Gasteiger partial charge in [-0.2, -0.15) is 0 Å². The first kappa shape index (κ1) is 34.6. The second-order valence-electron chi connectivity index (χ2n) is 13.8.